The number of nitrogens with zero attached hydrogens (tertiary/aromatic N) is 2. The standard InChI is InChI=1S/C10H16N2O/c1-6-7-8-10(9(2)3)12(11-4)13-5/h6-8H,1,4H2,2-3,5H3/b8-7-. The first-order valence-corrected chi connectivity index (χ1v) is 3.94. The van der Waals surface area contributed by atoms with E-state index in [9.17, 15) is 0 Å². The third-order valence-electron chi connectivity index (χ3n) is 1.41. The van der Waals surface area contributed by atoms with E-state index < -0.39 is 0 Å². The van der Waals surface area contributed by atoms with Gasteiger partial charge in [0, 0.05) is 6.72 Å². The summed E-state index contributed by atoms with van der Waals surface area (Å²) in [7, 11) is 1.54. The first-order chi connectivity index (χ1) is 6.17. The van der Waals surface area contributed by atoms with Gasteiger partial charge in [0.15, 0.2) is 0 Å². The van der Waals surface area contributed by atoms with Crippen LogP contribution in [0.1, 0.15) is 13.8 Å². The van der Waals surface area contributed by atoms with Crippen molar-refractivity contribution < 1.29 is 4.84 Å². The van der Waals surface area contributed by atoms with Gasteiger partial charge in [-0.05, 0) is 25.5 Å². The Kier molecular flexibility index (Phi) is 5.55. The van der Waals surface area contributed by atoms with E-state index in [1.165, 1.54) is 5.17 Å². The van der Waals surface area contributed by atoms with Crippen molar-refractivity contribution in [3.63, 3.8) is 0 Å². The molecule has 72 valence electrons. The highest BCUT2D eigenvalue weighted by Crippen LogP contribution is 2.11. The molecule has 13 heavy (non-hydrogen) atoms. The van der Waals surface area contributed by atoms with Crippen LogP contribution in [0.25, 0.3) is 0 Å². The molecule has 0 rings (SSSR count). The first-order valence-electron chi connectivity index (χ1n) is 3.94. The lowest BCUT2D eigenvalue weighted by atomic mass is 10.2. The van der Waals surface area contributed by atoms with Gasteiger partial charge in [0.25, 0.3) is 0 Å². The molecular weight excluding hydrogens is 164 g/mol. The maximum absolute atomic E-state index is 4.98. The van der Waals surface area contributed by atoms with E-state index in [1.807, 2.05) is 26.0 Å². The third-order valence-corrected chi connectivity index (χ3v) is 1.41. The smallest absolute Gasteiger partial charge is 0.0887 e. The maximum Gasteiger partial charge on any atom is 0.0887 e. The second-order valence-electron chi connectivity index (χ2n) is 2.58. The van der Waals surface area contributed by atoms with Gasteiger partial charge in [-0.3, -0.25) is 4.84 Å². The Morgan fingerprint density at radius 3 is 2.38 bits per heavy atom. The predicted molar refractivity (Wildman–Crippen MR) is 56.1 cm³/mol. The van der Waals surface area contributed by atoms with Crippen LogP contribution in [0.3, 0.4) is 0 Å². The van der Waals surface area contributed by atoms with E-state index in [0.717, 1.165) is 11.3 Å². The van der Waals surface area contributed by atoms with Crippen molar-refractivity contribution in [1.29, 1.82) is 0 Å². The summed E-state index contributed by atoms with van der Waals surface area (Å²) in [6.07, 6.45) is 5.37. The van der Waals surface area contributed by atoms with Crippen LogP contribution in [0, 0.1) is 0 Å². The van der Waals surface area contributed by atoms with Gasteiger partial charge >= 0.3 is 0 Å². The second-order valence-corrected chi connectivity index (χ2v) is 2.58. The number of hydroxylamine groups is 1. The molecule has 3 nitrogen and oxygen atoms in total. The first kappa shape index (κ1) is 11.6. The Balaban J connectivity index is 4.80. The summed E-state index contributed by atoms with van der Waals surface area (Å²) < 4.78 is 0. The lowest BCUT2D eigenvalue weighted by Crippen LogP contribution is -2.14. The Hall–Kier alpha value is -1.35. The summed E-state index contributed by atoms with van der Waals surface area (Å²) in [4.78, 5) is 4.98. The van der Waals surface area contributed by atoms with Crippen LogP contribution >= 0.6 is 0 Å². The van der Waals surface area contributed by atoms with Gasteiger partial charge in [-0.25, -0.2) is 0 Å². The van der Waals surface area contributed by atoms with Crippen molar-refractivity contribution in [1.82, 2.24) is 5.17 Å². The molecule has 3 heteroatoms. The summed E-state index contributed by atoms with van der Waals surface area (Å²) >= 11 is 0. The van der Waals surface area contributed by atoms with Crippen molar-refractivity contribution >= 4 is 6.72 Å². The van der Waals surface area contributed by atoms with E-state index in [0.29, 0.717) is 0 Å². The van der Waals surface area contributed by atoms with Gasteiger partial charge in [-0.1, -0.05) is 18.7 Å². The lowest BCUT2D eigenvalue weighted by molar-refractivity contribution is -0.0953. The van der Waals surface area contributed by atoms with Gasteiger partial charge < -0.3 is 0 Å². The Morgan fingerprint density at radius 2 is 2.08 bits per heavy atom. The van der Waals surface area contributed by atoms with Crippen LogP contribution in [-0.4, -0.2) is 19.0 Å². The summed E-state index contributed by atoms with van der Waals surface area (Å²) in [6.45, 7) is 10.9. The Bertz CT molecular complexity index is 237. The van der Waals surface area contributed by atoms with Crippen LogP contribution in [-0.2, 0) is 4.84 Å². The number of rotatable bonds is 5. The van der Waals surface area contributed by atoms with Gasteiger partial charge in [-0.15, -0.1) is 5.17 Å². The molecule has 0 heterocycles. The lowest BCUT2D eigenvalue weighted by Gasteiger charge is -2.17. The van der Waals surface area contributed by atoms with Crippen molar-refractivity contribution in [3.8, 4) is 0 Å². The van der Waals surface area contributed by atoms with Crippen LogP contribution in [0.5, 0.6) is 0 Å². The van der Waals surface area contributed by atoms with Crippen LogP contribution in [0.15, 0.2) is 41.2 Å². The molecule has 0 N–H and O–H groups in total. The fourth-order valence-corrected chi connectivity index (χ4v) is 0.813. The van der Waals surface area contributed by atoms with Gasteiger partial charge in [0.05, 0.1) is 12.8 Å². The zero-order valence-corrected chi connectivity index (χ0v) is 8.45. The average Bonchev–Trinajstić information content (AvgIpc) is 2.11. The van der Waals surface area contributed by atoms with E-state index in [2.05, 4.69) is 18.4 Å². The minimum atomic E-state index is 0.859. The van der Waals surface area contributed by atoms with Crippen LogP contribution in [0.2, 0.25) is 0 Å². The largest absolute Gasteiger partial charge is 0.255 e. The normalized spacial score (nSPS) is 9.77. The molecule has 0 saturated carbocycles. The highest BCUT2D eigenvalue weighted by atomic mass is 16.7. The summed E-state index contributed by atoms with van der Waals surface area (Å²) in [5.41, 5.74) is 1.95. The zero-order valence-electron chi connectivity index (χ0n) is 8.45. The minimum Gasteiger partial charge on any atom is -0.255 e. The highest BCUT2D eigenvalue weighted by Gasteiger charge is 2.04. The number of allylic oxidation sites excluding steroid dienone is 4. The Labute approximate surface area is 79.6 Å². The molecule has 0 unspecified atom stereocenters. The molecule has 0 aromatic heterocycles. The van der Waals surface area contributed by atoms with Crippen LogP contribution in [0.4, 0.5) is 0 Å². The zero-order chi connectivity index (χ0) is 10.3. The minimum absolute atomic E-state index is 0.859. The molecule has 0 atom stereocenters. The number of hydrogen-bond donors (Lipinski definition) is 0. The van der Waals surface area contributed by atoms with Gasteiger partial charge in [-0.2, -0.15) is 5.10 Å². The van der Waals surface area contributed by atoms with E-state index in [1.54, 1.807) is 13.2 Å². The molecule has 0 saturated heterocycles. The quantitative estimate of drug-likeness (QED) is 0.369. The fourth-order valence-electron chi connectivity index (χ4n) is 0.813. The molecule has 0 aromatic carbocycles. The van der Waals surface area contributed by atoms with Crippen molar-refractivity contribution in [2.24, 2.45) is 5.10 Å². The predicted octanol–water partition coefficient (Wildman–Crippen LogP) is 2.50. The number of hydrogen-bond acceptors (Lipinski definition) is 3. The molecule has 0 amide bonds. The highest BCUT2D eigenvalue weighted by molar-refractivity contribution is 5.27. The fraction of sp³-hybridized carbons (Fsp3) is 0.300. The molecule has 0 fully saturated rings. The second kappa shape index (κ2) is 6.20. The number of hydrazone groups is 1. The van der Waals surface area contributed by atoms with Gasteiger partial charge in [0.2, 0.25) is 0 Å². The van der Waals surface area contributed by atoms with Crippen LogP contribution < -0.4 is 0 Å². The van der Waals surface area contributed by atoms with Crippen molar-refractivity contribution in [2.75, 3.05) is 7.11 Å². The summed E-state index contributed by atoms with van der Waals surface area (Å²) in [5.74, 6) is 0. The molecule has 0 radical (unpaired) electrons. The van der Waals surface area contributed by atoms with Crippen molar-refractivity contribution in [3.05, 3.63) is 36.1 Å². The third kappa shape index (κ3) is 3.71. The maximum atomic E-state index is 4.98. The topological polar surface area (TPSA) is 24.8 Å². The molecule has 0 aliphatic rings. The monoisotopic (exact) mass is 180 g/mol. The van der Waals surface area contributed by atoms with E-state index in [-0.39, 0.29) is 0 Å². The van der Waals surface area contributed by atoms with Gasteiger partial charge in [0.1, 0.15) is 0 Å². The molecule has 0 spiro atoms. The molecule has 0 aliphatic carbocycles. The van der Waals surface area contributed by atoms with E-state index in [4.69, 9.17) is 4.84 Å². The SMILES string of the molecule is C=C/C=C\C(=C(C)C)N(N=C)OC. The average molecular weight is 180 g/mol. The summed E-state index contributed by atoms with van der Waals surface area (Å²) in [6, 6.07) is 0. The Morgan fingerprint density at radius 1 is 1.46 bits per heavy atom. The van der Waals surface area contributed by atoms with Crippen molar-refractivity contribution in [2.45, 2.75) is 13.8 Å². The molecular formula is C10H16N2O. The summed E-state index contributed by atoms with van der Waals surface area (Å²) in [5, 5.41) is 5.06. The van der Waals surface area contributed by atoms with E-state index >= 15 is 0 Å². The molecule has 0 bridgehead atoms. The molecule has 0 aromatic rings. The molecule has 0 aliphatic heterocycles.